The van der Waals surface area contributed by atoms with Crippen LogP contribution in [-0.2, 0) is 18.9 Å². The van der Waals surface area contributed by atoms with Gasteiger partial charge in [-0.05, 0) is 42.0 Å². The Hall–Kier alpha value is -2.31. The topological polar surface area (TPSA) is 39.9 Å². The van der Waals surface area contributed by atoms with Crippen LogP contribution in [-0.4, -0.2) is 14.8 Å². The van der Waals surface area contributed by atoms with Crippen LogP contribution < -0.4 is 4.74 Å². The first-order valence-electron chi connectivity index (χ1n) is 7.94. The molecule has 1 aromatic heterocycles. The van der Waals surface area contributed by atoms with E-state index in [1.54, 1.807) is 36.4 Å². The smallest absolute Gasteiger partial charge is 0.191 e. The molecule has 0 unspecified atom stereocenters. The van der Waals surface area contributed by atoms with Gasteiger partial charge in [0.15, 0.2) is 11.0 Å². The van der Waals surface area contributed by atoms with Crippen molar-refractivity contribution in [2.24, 2.45) is 0 Å². The first-order valence-corrected chi connectivity index (χ1v) is 9.30. The van der Waals surface area contributed by atoms with Crippen LogP contribution in [0.15, 0.2) is 66.3 Å². The van der Waals surface area contributed by atoms with Crippen LogP contribution in [0.3, 0.4) is 0 Å². The number of hydrogen-bond acceptors (Lipinski definition) is 4. The molecule has 0 amide bonds. The number of nitrogens with zero attached hydrogens (tertiary/aromatic N) is 3. The summed E-state index contributed by atoms with van der Waals surface area (Å²) in [7, 11) is 0. The Kier molecular flexibility index (Phi) is 6.30. The van der Waals surface area contributed by atoms with Gasteiger partial charge in [-0.2, -0.15) is 0 Å². The van der Waals surface area contributed by atoms with E-state index < -0.39 is 0 Å². The first kappa shape index (κ1) is 18.5. The van der Waals surface area contributed by atoms with Gasteiger partial charge >= 0.3 is 0 Å². The van der Waals surface area contributed by atoms with Gasteiger partial charge in [-0.1, -0.05) is 41.6 Å². The highest BCUT2D eigenvalue weighted by Crippen LogP contribution is 2.23. The highest BCUT2D eigenvalue weighted by molar-refractivity contribution is 7.98. The molecule has 1 heterocycles. The monoisotopic (exact) mass is 389 g/mol. The standard InChI is InChI=1S/C19H17ClFN3OS/c1-2-10-24-18(12-25-17-8-6-15(20)7-9-17)22-23-19(24)26-13-14-4-3-5-16(21)11-14/h2-9,11H,1,10,12-13H2. The van der Waals surface area contributed by atoms with Gasteiger partial charge in [0.25, 0.3) is 0 Å². The van der Waals surface area contributed by atoms with Crippen LogP contribution in [0.5, 0.6) is 5.75 Å². The zero-order chi connectivity index (χ0) is 18.4. The molecule has 0 bridgehead atoms. The number of halogens is 2. The van der Waals surface area contributed by atoms with Gasteiger partial charge in [-0.3, -0.25) is 4.57 Å². The maximum Gasteiger partial charge on any atom is 0.191 e. The Morgan fingerprint density at radius 3 is 2.73 bits per heavy atom. The van der Waals surface area contributed by atoms with Crippen LogP contribution in [0.1, 0.15) is 11.4 Å². The van der Waals surface area contributed by atoms with Crippen molar-refractivity contribution in [2.75, 3.05) is 0 Å². The zero-order valence-electron chi connectivity index (χ0n) is 13.9. The predicted octanol–water partition coefficient (Wildman–Crippen LogP) is 5.13. The fourth-order valence-electron chi connectivity index (χ4n) is 2.30. The Balaban J connectivity index is 1.68. The summed E-state index contributed by atoms with van der Waals surface area (Å²) in [6.07, 6.45) is 1.78. The molecule has 0 aliphatic rings. The largest absolute Gasteiger partial charge is 0.486 e. The van der Waals surface area contributed by atoms with Gasteiger partial charge in [0.2, 0.25) is 0 Å². The summed E-state index contributed by atoms with van der Waals surface area (Å²) in [5.41, 5.74) is 0.891. The van der Waals surface area contributed by atoms with E-state index in [-0.39, 0.29) is 12.4 Å². The van der Waals surface area contributed by atoms with Gasteiger partial charge in [-0.25, -0.2) is 4.39 Å². The highest BCUT2D eigenvalue weighted by atomic mass is 35.5. The lowest BCUT2D eigenvalue weighted by molar-refractivity contribution is 0.289. The van der Waals surface area contributed by atoms with Crippen molar-refractivity contribution in [2.45, 2.75) is 24.1 Å². The third-order valence-electron chi connectivity index (χ3n) is 3.54. The average molecular weight is 390 g/mol. The summed E-state index contributed by atoms with van der Waals surface area (Å²) < 4.78 is 21.0. The van der Waals surface area contributed by atoms with Crippen LogP contribution >= 0.6 is 23.4 Å². The molecule has 0 aliphatic heterocycles. The summed E-state index contributed by atoms with van der Waals surface area (Å²) in [5, 5.41) is 9.84. The number of rotatable bonds is 8. The van der Waals surface area contributed by atoms with E-state index >= 15 is 0 Å². The summed E-state index contributed by atoms with van der Waals surface area (Å²) in [4.78, 5) is 0. The molecule has 26 heavy (non-hydrogen) atoms. The van der Waals surface area contributed by atoms with E-state index in [2.05, 4.69) is 16.8 Å². The summed E-state index contributed by atoms with van der Waals surface area (Å²) in [6.45, 7) is 4.63. The molecule has 0 saturated carbocycles. The minimum Gasteiger partial charge on any atom is -0.486 e. The normalized spacial score (nSPS) is 10.7. The third-order valence-corrected chi connectivity index (χ3v) is 4.83. The third kappa shape index (κ3) is 4.86. The van der Waals surface area contributed by atoms with Gasteiger partial charge in [0.1, 0.15) is 18.2 Å². The first-order chi connectivity index (χ1) is 12.7. The van der Waals surface area contributed by atoms with Crippen molar-refractivity contribution < 1.29 is 9.13 Å². The summed E-state index contributed by atoms with van der Waals surface area (Å²) in [6, 6.07) is 13.7. The summed E-state index contributed by atoms with van der Waals surface area (Å²) in [5.74, 6) is 1.76. The number of allylic oxidation sites excluding steroid dienone is 1. The van der Waals surface area contributed by atoms with Crippen molar-refractivity contribution >= 4 is 23.4 Å². The molecule has 0 N–H and O–H groups in total. The molecule has 0 spiro atoms. The molecule has 3 aromatic rings. The molecule has 0 saturated heterocycles. The SMILES string of the molecule is C=CCn1c(COc2ccc(Cl)cc2)nnc1SCc1cccc(F)c1. The number of hydrogen-bond donors (Lipinski definition) is 0. The fourth-order valence-corrected chi connectivity index (χ4v) is 3.33. The minimum atomic E-state index is -0.243. The molecule has 4 nitrogen and oxygen atoms in total. The van der Waals surface area contributed by atoms with E-state index in [4.69, 9.17) is 16.3 Å². The number of ether oxygens (including phenoxy) is 1. The zero-order valence-corrected chi connectivity index (χ0v) is 15.5. The fraction of sp³-hybridized carbons (Fsp3) is 0.158. The van der Waals surface area contributed by atoms with Crippen LogP contribution in [0.25, 0.3) is 0 Å². The highest BCUT2D eigenvalue weighted by Gasteiger charge is 2.13. The van der Waals surface area contributed by atoms with Gasteiger partial charge < -0.3 is 4.74 Å². The van der Waals surface area contributed by atoms with Crippen molar-refractivity contribution in [1.29, 1.82) is 0 Å². The lowest BCUT2D eigenvalue weighted by Crippen LogP contribution is -2.07. The second-order valence-corrected chi connectivity index (χ2v) is 6.84. The van der Waals surface area contributed by atoms with E-state index in [0.717, 1.165) is 10.7 Å². The number of benzene rings is 2. The Bertz CT molecular complexity index is 883. The molecular weight excluding hydrogens is 373 g/mol. The van der Waals surface area contributed by atoms with Crippen molar-refractivity contribution in [3.05, 3.63) is 83.4 Å². The Morgan fingerprint density at radius 2 is 2.00 bits per heavy atom. The van der Waals surface area contributed by atoms with E-state index in [9.17, 15) is 4.39 Å². The minimum absolute atomic E-state index is 0.243. The van der Waals surface area contributed by atoms with Gasteiger partial charge in [-0.15, -0.1) is 16.8 Å². The second-order valence-electron chi connectivity index (χ2n) is 5.46. The van der Waals surface area contributed by atoms with Crippen LogP contribution in [0, 0.1) is 5.82 Å². The quantitative estimate of drug-likeness (QED) is 0.395. The molecule has 0 fully saturated rings. The van der Waals surface area contributed by atoms with Crippen molar-refractivity contribution in [3.8, 4) is 5.75 Å². The molecule has 0 atom stereocenters. The van der Waals surface area contributed by atoms with Gasteiger partial charge in [0, 0.05) is 17.3 Å². The molecule has 2 aromatic carbocycles. The summed E-state index contributed by atoms with van der Waals surface area (Å²) >= 11 is 7.37. The van der Waals surface area contributed by atoms with Gasteiger partial charge in [0.05, 0.1) is 0 Å². The lowest BCUT2D eigenvalue weighted by atomic mass is 10.2. The van der Waals surface area contributed by atoms with E-state index in [0.29, 0.717) is 28.9 Å². The van der Waals surface area contributed by atoms with Crippen molar-refractivity contribution in [1.82, 2.24) is 14.8 Å². The molecule has 134 valence electrons. The maximum absolute atomic E-state index is 13.3. The van der Waals surface area contributed by atoms with Crippen LogP contribution in [0.2, 0.25) is 5.02 Å². The maximum atomic E-state index is 13.3. The second kappa shape index (κ2) is 8.87. The lowest BCUT2D eigenvalue weighted by Gasteiger charge is -2.09. The molecular formula is C19H17ClFN3OS. The van der Waals surface area contributed by atoms with E-state index in [1.807, 2.05) is 10.6 Å². The molecule has 0 radical (unpaired) electrons. The predicted molar refractivity (Wildman–Crippen MR) is 102 cm³/mol. The molecule has 3 rings (SSSR count). The van der Waals surface area contributed by atoms with E-state index in [1.165, 1.54) is 23.9 Å². The Morgan fingerprint density at radius 1 is 1.19 bits per heavy atom. The molecule has 0 aliphatic carbocycles. The van der Waals surface area contributed by atoms with Crippen molar-refractivity contribution in [3.63, 3.8) is 0 Å². The average Bonchev–Trinajstić information content (AvgIpc) is 3.02. The number of aromatic nitrogens is 3. The van der Waals surface area contributed by atoms with Crippen LogP contribution in [0.4, 0.5) is 4.39 Å². The number of thioether (sulfide) groups is 1. The molecule has 7 heteroatoms. The Labute approximate surface area is 160 Å².